The van der Waals surface area contributed by atoms with Crippen LogP contribution in [0, 0.1) is 0 Å². The van der Waals surface area contributed by atoms with Crippen LogP contribution in [-0.2, 0) is 17.5 Å². The molecule has 0 atom stereocenters. The molecule has 1 amide bonds. The van der Waals surface area contributed by atoms with E-state index in [1.807, 2.05) is 28.9 Å². The summed E-state index contributed by atoms with van der Waals surface area (Å²) >= 11 is 5.95. The summed E-state index contributed by atoms with van der Waals surface area (Å²) in [5.41, 5.74) is -0.0341. The van der Waals surface area contributed by atoms with Gasteiger partial charge in [0.25, 0.3) is 0 Å². The molecule has 34 heavy (non-hydrogen) atoms. The summed E-state index contributed by atoms with van der Waals surface area (Å²) in [6.07, 6.45) is 0.827. The van der Waals surface area contributed by atoms with Crippen molar-refractivity contribution in [3.63, 3.8) is 0 Å². The Morgan fingerprint density at radius 2 is 1.91 bits per heavy atom. The van der Waals surface area contributed by atoms with Crippen LogP contribution in [0.25, 0.3) is 5.65 Å². The maximum absolute atomic E-state index is 13.1. The molecule has 0 radical (unpaired) electrons. The summed E-state index contributed by atoms with van der Waals surface area (Å²) in [7, 11) is 0. The van der Waals surface area contributed by atoms with Gasteiger partial charge in [0.05, 0.1) is 17.1 Å². The largest absolute Gasteiger partial charge is 0.489 e. The average Bonchev–Trinajstić information content (AvgIpc) is 3.17. The van der Waals surface area contributed by atoms with Gasteiger partial charge >= 0.3 is 12.3 Å². The molecule has 0 bridgehead atoms. The van der Waals surface area contributed by atoms with Gasteiger partial charge in [0.1, 0.15) is 23.1 Å². The number of imidazole rings is 1. The molecule has 3 aromatic rings. The van der Waals surface area contributed by atoms with Crippen LogP contribution >= 0.6 is 11.6 Å². The molecule has 0 spiro atoms. The van der Waals surface area contributed by atoms with Gasteiger partial charge in [-0.2, -0.15) is 13.2 Å². The Balaban J connectivity index is 1.50. The minimum Gasteiger partial charge on any atom is -0.489 e. The predicted molar refractivity (Wildman–Crippen MR) is 121 cm³/mol. The van der Waals surface area contributed by atoms with E-state index in [0.29, 0.717) is 12.8 Å². The molecule has 1 aliphatic carbocycles. The van der Waals surface area contributed by atoms with Gasteiger partial charge in [0, 0.05) is 43.0 Å². The number of carbonyl (C=O) groups excluding carboxylic acids is 1. The SMILES string of the molecule is CC(C)(C)OC(=O)N(Cc1cccn2ccnc12)C1CC(Oc2cccc(C(F)(F)F)c2Cl)C1. The molecule has 1 saturated carbocycles. The number of nitrogens with zero attached hydrogens (tertiary/aromatic N) is 3. The van der Waals surface area contributed by atoms with E-state index >= 15 is 0 Å². The first-order valence-corrected chi connectivity index (χ1v) is 11.2. The van der Waals surface area contributed by atoms with E-state index in [4.69, 9.17) is 21.1 Å². The normalized spacial score (nSPS) is 18.4. The van der Waals surface area contributed by atoms with E-state index in [0.717, 1.165) is 17.3 Å². The molecule has 0 unspecified atom stereocenters. The van der Waals surface area contributed by atoms with Gasteiger partial charge in [-0.1, -0.05) is 23.7 Å². The minimum absolute atomic E-state index is 0.0223. The van der Waals surface area contributed by atoms with E-state index in [1.54, 1.807) is 31.9 Å². The van der Waals surface area contributed by atoms with Gasteiger partial charge in [-0.3, -0.25) is 0 Å². The Morgan fingerprint density at radius 3 is 2.59 bits per heavy atom. The lowest BCUT2D eigenvalue weighted by Gasteiger charge is -2.43. The van der Waals surface area contributed by atoms with Crippen LogP contribution in [0.2, 0.25) is 5.02 Å². The highest BCUT2D eigenvalue weighted by molar-refractivity contribution is 6.32. The fourth-order valence-corrected chi connectivity index (χ4v) is 4.15. The molecule has 0 saturated heterocycles. The number of aromatic nitrogens is 2. The van der Waals surface area contributed by atoms with Crippen LogP contribution < -0.4 is 4.74 Å². The maximum Gasteiger partial charge on any atom is 0.417 e. The summed E-state index contributed by atoms with van der Waals surface area (Å²) in [4.78, 5) is 19.0. The zero-order valence-corrected chi connectivity index (χ0v) is 19.7. The van der Waals surface area contributed by atoms with Crippen molar-refractivity contribution in [1.82, 2.24) is 14.3 Å². The number of rotatable bonds is 5. The van der Waals surface area contributed by atoms with Crippen LogP contribution in [-0.4, -0.2) is 38.1 Å². The first kappa shape index (κ1) is 24.2. The number of benzene rings is 1. The van der Waals surface area contributed by atoms with Crippen molar-refractivity contribution in [1.29, 1.82) is 0 Å². The third-order valence-corrected chi connectivity index (χ3v) is 5.93. The highest BCUT2D eigenvalue weighted by Crippen LogP contribution is 2.41. The van der Waals surface area contributed by atoms with Gasteiger partial charge in [-0.15, -0.1) is 0 Å². The summed E-state index contributed by atoms with van der Waals surface area (Å²) in [6, 6.07) is 7.15. The zero-order valence-electron chi connectivity index (χ0n) is 19.0. The summed E-state index contributed by atoms with van der Waals surface area (Å²) in [5.74, 6) is -0.0223. The molecule has 2 aromatic heterocycles. The highest BCUT2D eigenvalue weighted by atomic mass is 35.5. The second kappa shape index (κ2) is 9.02. The lowest BCUT2D eigenvalue weighted by atomic mass is 9.87. The molecule has 1 aromatic carbocycles. The fourth-order valence-electron chi connectivity index (χ4n) is 3.87. The molecular weight excluding hydrogens is 471 g/mol. The smallest absolute Gasteiger partial charge is 0.417 e. The Hall–Kier alpha value is -2.94. The quantitative estimate of drug-likeness (QED) is 0.413. The Kier molecular flexibility index (Phi) is 6.42. The number of hydrogen-bond donors (Lipinski definition) is 0. The number of hydrogen-bond acceptors (Lipinski definition) is 4. The monoisotopic (exact) mass is 495 g/mol. The van der Waals surface area contributed by atoms with Gasteiger partial charge in [-0.25, -0.2) is 9.78 Å². The van der Waals surface area contributed by atoms with Crippen molar-refractivity contribution in [2.24, 2.45) is 0 Å². The van der Waals surface area contributed by atoms with Crippen LogP contribution in [0.3, 0.4) is 0 Å². The molecule has 1 fully saturated rings. The van der Waals surface area contributed by atoms with Crippen molar-refractivity contribution in [2.45, 2.75) is 64.1 Å². The molecule has 0 aliphatic heterocycles. The fraction of sp³-hybridized carbons (Fsp3) is 0.417. The van der Waals surface area contributed by atoms with Crippen molar-refractivity contribution in [3.05, 3.63) is 65.1 Å². The third-order valence-electron chi connectivity index (χ3n) is 5.54. The number of alkyl halides is 3. The van der Waals surface area contributed by atoms with Crippen LogP contribution in [0.4, 0.5) is 18.0 Å². The Labute approximate surface area is 200 Å². The third kappa shape index (κ3) is 5.24. The van der Waals surface area contributed by atoms with Gasteiger partial charge in [0.2, 0.25) is 0 Å². The molecule has 4 rings (SSSR count). The molecule has 2 heterocycles. The highest BCUT2D eigenvalue weighted by Gasteiger charge is 2.40. The second-order valence-electron chi connectivity index (χ2n) is 9.28. The Morgan fingerprint density at radius 1 is 1.18 bits per heavy atom. The average molecular weight is 496 g/mol. The maximum atomic E-state index is 13.1. The number of pyridine rings is 1. The number of ether oxygens (including phenoxy) is 2. The van der Waals surface area contributed by atoms with Crippen LogP contribution in [0.1, 0.15) is 44.7 Å². The molecule has 0 N–H and O–H groups in total. The summed E-state index contributed by atoms with van der Waals surface area (Å²) in [6.45, 7) is 5.65. The number of amides is 1. The number of halogens is 4. The lowest BCUT2D eigenvalue weighted by molar-refractivity contribution is -0.137. The minimum atomic E-state index is -4.57. The van der Waals surface area contributed by atoms with E-state index in [9.17, 15) is 18.0 Å². The summed E-state index contributed by atoms with van der Waals surface area (Å²) < 4.78 is 52.7. The van der Waals surface area contributed by atoms with Crippen molar-refractivity contribution >= 4 is 23.3 Å². The first-order valence-electron chi connectivity index (χ1n) is 10.8. The molecule has 182 valence electrons. The second-order valence-corrected chi connectivity index (χ2v) is 9.66. The predicted octanol–water partition coefficient (Wildman–Crippen LogP) is 6.35. The number of carbonyl (C=O) groups is 1. The van der Waals surface area contributed by atoms with Crippen molar-refractivity contribution < 1.29 is 27.4 Å². The topological polar surface area (TPSA) is 56.1 Å². The summed E-state index contributed by atoms with van der Waals surface area (Å²) in [5, 5.41) is -0.464. The van der Waals surface area contributed by atoms with E-state index in [1.165, 1.54) is 12.1 Å². The Bertz CT molecular complexity index is 1180. The standard InChI is InChI=1S/C24H25ClF3N3O3/c1-23(2,3)34-22(32)31(14-15-6-5-10-30-11-9-29-21(15)30)16-12-17(13-16)33-19-8-4-7-18(20(19)25)24(26,27)28/h4-11,16-17H,12-14H2,1-3H3. The van der Waals surface area contributed by atoms with Gasteiger partial charge in [-0.05, 0) is 39.0 Å². The van der Waals surface area contributed by atoms with E-state index in [-0.39, 0.29) is 24.4 Å². The van der Waals surface area contributed by atoms with E-state index in [2.05, 4.69) is 4.98 Å². The van der Waals surface area contributed by atoms with E-state index < -0.39 is 28.5 Å². The molecule has 1 aliphatic rings. The zero-order chi connectivity index (χ0) is 24.7. The van der Waals surface area contributed by atoms with Gasteiger partial charge < -0.3 is 18.8 Å². The van der Waals surface area contributed by atoms with Crippen molar-refractivity contribution in [3.8, 4) is 5.75 Å². The van der Waals surface area contributed by atoms with Gasteiger partial charge in [0.15, 0.2) is 0 Å². The first-order chi connectivity index (χ1) is 15.9. The molecule has 6 nitrogen and oxygen atoms in total. The molecular formula is C24H25ClF3N3O3. The van der Waals surface area contributed by atoms with Crippen LogP contribution in [0.15, 0.2) is 48.9 Å². The number of fused-ring (bicyclic) bond motifs is 1. The van der Waals surface area contributed by atoms with Crippen molar-refractivity contribution in [2.75, 3.05) is 0 Å². The lowest BCUT2D eigenvalue weighted by Crippen LogP contribution is -2.52. The molecule has 10 heteroatoms. The van der Waals surface area contributed by atoms with Crippen LogP contribution in [0.5, 0.6) is 5.75 Å².